The van der Waals surface area contributed by atoms with Gasteiger partial charge in [-0.2, -0.15) is 0 Å². The van der Waals surface area contributed by atoms with Gasteiger partial charge in [-0.05, 0) is 70.1 Å². The minimum Gasteiger partial charge on any atom is -0.385 e. The van der Waals surface area contributed by atoms with Crippen molar-refractivity contribution in [1.29, 1.82) is 0 Å². The zero-order valence-corrected chi connectivity index (χ0v) is 13.6. The third kappa shape index (κ3) is 4.69. The van der Waals surface area contributed by atoms with Gasteiger partial charge in [-0.15, -0.1) is 0 Å². The lowest BCUT2D eigenvalue weighted by molar-refractivity contribution is 0.220. The van der Waals surface area contributed by atoms with Crippen LogP contribution in [0.2, 0.25) is 0 Å². The Morgan fingerprint density at radius 1 is 1.19 bits per heavy atom. The minimum absolute atomic E-state index is 0.331. The Morgan fingerprint density at radius 2 is 1.81 bits per heavy atom. The summed E-state index contributed by atoms with van der Waals surface area (Å²) >= 11 is 0. The van der Waals surface area contributed by atoms with Crippen LogP contribution in [0.5, 0.6) is 0 Å². The van der Waals surface area contributed by atoms with Gasteiger partial charge in [0.25, 0.3) is 0 Å². The first kappa shape index (κ1) is 16.3. The van der Waals surface area contributed by atoms with Gasteiger partial charge in [0.15, 0.2) is 0 Å². The lowest BCUT2D eigenvalue weighted by Crippen LogP contribution is -2.36. The van der Waals surface area contributed by atoms with Gasteiger partial charge >= 0.3 is 0 Å². The van der Waals surface area contributed by atoms with Gasteiger partial charge < -0.3 is 10.2 Å². The molecule has 1 aliphatic heterocycles. The summed E-state index contributed by atoms with van der Waals surface area (Å²) < 4.78 is 27.3. The van der Waals surface area contributed by atoms with Gasteiger partial charge in [0.2, 0.25) is 10.0 Å². The number of rotatable bonds is 6. The summed E-state index contributed by atoms with van der Waals surface area (Å²) in [6.07, 6.45) is 2.11. The number of sulfonamides is 1. The molecule has 1 aromatic rings. The maximum Gasteiger partial charge on any atom is 0.240 e. The van der Waals surface area contributed by atoms with E-state index in [0.717, 1.165) is 38.2 Å². The molecule has 2 rings (SSSR count). The maximum atomic E-state index is 12.3. The summed E-state index contributed by atoms with van der Waals surface area (Å²) in [5.41, 5.74) is 0.937. The molecule has 1 heterocycles. The van der Waals surface area contributed by atoms with Gasteiger partial charge in [-0.1, -0.05) is 0 Å². The number of hydrogen-bond donors (Lipinski definition) is 2. The molecule has 0 saturated carbocycles. The average molecular weight is 311 g/mol. The molecule has 1 saturated heterocycles. The molecule has 21 heavy (non-hydrogen) atoms. The van der Waals surface area contributed by atoms with Crippen molar-refractivity contribution < 1.29 is 8.42 Å². The van der Waals surface area contributed by atoms with Gasteiger partial charge in [0.1, 0.15) is 0 Å². The molecule has 0 amide bonds. The van der Waals surface area contributed by atoms with Crippen molar-refractivity contribution in [3.05, 3.63) is 24.3 Å². The molecule has 1 aliphatic rings. The normalized spacial score (nSPS) is 17.8. The van der Waals surface area contributed by atoms with Gasteiger partial charge in [-0.25, -0.2) is 13.1 Å². The van der Waals surface area contributed by atoms with Crippen molar-refractivity contribution in [3.63, 3.8) is 0 Å². The van der Waals surface area contributed by atoms with Crippen LogP contribution in [0.4, 0.5) is 5.69 Å². The summed E-state index contributed by atoms with van der Waals surface area (Å²) in [5.74, 6) is 0.442. The van der Waals surface area contributed by atoms with Gasteiger partial charge in [-0.3, -0.25) is 0 Å². The Hall–Kier alpha value is -1.11. The Labute approximate surface area is 127 Å². The molecular weight excluding hydrogens is 286 g/mol. The van der Waals surface area contributed by atoms with E-state index in [1.165, 1.54) is 0 Å². The van der Waals surface area contributed by atoms with Crippen molar-refractivity contribution in [2.45, 2.75) is 24.7 Å². The molecule has 0 spiro atoms. The van der Waals surface area contributed by atoms with E-state index in [9.17, 15) is 8.42 Å². The Kier molecular flexibility index (Phi) is 5.61. The van der Waals surface area contributed by atoms with Gasteiger partial charge in [0, 0.05) is 18.8 Å². The third-order valence-electron chi connectivity index (χ3n) is 3.95. The summed E-state index contributed by atoms with van der Waals surface area (Å²) in [5, 5.41) is 3.15. The number of anilines is 1. The van der Waals surface area contributed by atoms with Crippen molar-refractivity contribution in [2.75, 3.05) is 38.5 Å². The smallest absolute Gasteiger partial charge is 0.240 e. The summed E-state index contributed by atoms with van der Waals surface area (Å²) in [4.78, 5) is 2.61. The zero-order valence-electron chi connectivity index (χ0n) is 12.8. The van der Waals surface area contributed by atoms with Crippen LogP contribution in [0, 0.1) is 5.92 Å². The Balaban J connectivity index is 1.91. The largest absolute Gasteiger partial charge is 0.385 e. The molecule has 6 heteroatoms. The van der Waals surface area contributed by atoms with Crippen LogP contribution >= 0.6 is 0 Å². The van der Waals surface area contributed by atoms with Crippen LogP contribution in [-0.4, -0.2) is 46.5 Å². The van der Waals surface area contributed by atoms with E-state index in [-0.39, 0.29) is 0 Å². The first-order valence-electron chi connectivity index (χ1n) is 7.53. The summed E-state index contributed by atoms with van der Waals surface area (Å²) in [6.45, 7) is 5.45. The Morgan fingerprint density at radius 3 is 2.38 bits per heavy atom. The van der Waals surface area contributed by atoms with E-state index in [0.29, 0.717) is 17.4 Å². The fraction of sp³-hybridized carbons (Fsp3) is 0.600. The Bertz CT molecular complexity index is 535. The first-order valence-corrected chi connectivity index (χ1v) is 9.01. The second kappa shape index (κ2) is 7.24. The number of benzene rings is 1. The molecule has 2 N–H and O–H groups in total. The molecular formula is C15H25N3O2S. The van der Waals surface area contributed by atoms with E-state index >= 15 is 0 Å². The van der Waals surface area contributed by atoms with Crippen molar-refractivity contribution in [1.82, 2.24) is 9.62 Å². The summed E-state index contributed by atoms with van der Waals surface area (Å²) in [6, 6.07) is 6.89. The fourth-order valence-corrected chi connectivity index (χ4v) is 3.65. The van der Waals surface area contributed by atoms with E-state index in [2.05, 4.69) is 22.0 Å². The van der Waals surface area contributed by atoms with Gasteiger partial charge in [0.05, 0.1) is 4.90 Å². The highest BCUT2D eigenvalue weighted by Crippen LogP contribution is 2.17. The van der Waals surface area contributed by atoms with E-state index in [1.54, 1.807) is 24.3 Å². The summed E-state index contributed by atoms with van der Waals surface area (Å²) in [7, 11) is -1.29. The number of nitrogens with zero attached hydrogens (tertiary/aromatic N) is 1. The standard InChI is InChI=1S/C15H25N3O2S/c1-3-16-14-4-6-15(7-5-14)21(19,20)17-12-13-8-10-18(2)11-9-13/h4-7,13,16-17H,3,8-12H2,1-2H3. The van der Waals surface area contributed by atoms with Crippen molar-refractivity contribution in [2.24, 2.45) is 5.92 Å². The molecule has 5 nitrogen and oxygen atoms in total. The van der Waals surface area contributed by atoms with Crippen LogP contribution in [0.1, 0.15) is 19.8 Å². The maximum absolute atomic E-state index is 12.3. The monoisotopic (exact) mass is 311 g/mol. The topological polar surface area (TPSA) is 61.4 Å². The minimum atomic E-state index is -3.40. The lowest BCUT2D eigenvalue weighted by atomic mass is 9.98. The molecule has 1 aromatic carbocycles. The van der Waals surface area contributed by atoms with Crippen LogP contribution < -0.4 is 10.0 Å². The van der Waals surface area contributed by atoms with E-state index in [4.69, 9.17) is 0 Å². The first-order chi connectivity index (χ1) is 10.0. The second-order valence-corrected chi connectivity index (χ2v) is 7.42. The number of likely N-dealkylation sites (tertiary alicyclic amines) is 1. The fourth-order valence-electron chi connectivity index (χ4n) is 2.53. The molecule has 0 unspecified atom stereocenters. The van der Waals surface area contributed by atoms with Crippen molar-refractivity contribution >= 4 is 15.7 Å². The van der Waals surface area contributed by atoms with Crippen LogP contribution in [0.3, 0.4) is 0 Å². The quantitative estimate of drug-likeness (QED) is 0.840. The molecule has 118 valence electrons. The van der Waals surface area contributed by atoms with Crippen LogP contribution in [0.15, 0.2) is 29.2 Å². The zero-order chi connectivity index (χ0) is 15.3. The van der Waals surface area contributed by atoms with E-state index < -0.39 is 10.0 Å². The molecule has 0 radical (unpaired) electrons. The number of hydrogen-bond acceptors (Lipinski definition) is 4. The molecule has 1 fully saturated rings. The molecule has 0 aromatic heterocycles. The van der Waals surface area contributed by atoms with Crippen LogP contribution in [0.25, 0.3) is 0 Å². The van der Waals surface area contributed by atoms with Crippen molar-refractivity contribution in [3.8, 4) is 0 Å². The molecule has 0 bridgehead atoms. The number of nitrogens with one attached hydrogen (secondary N) is 2. The second-order valence-electron chi connectivity index (χ2n) is 5.65. The predicted molar refractivity (Wildman–Crippen MR) is 86.0 cm³/mol. The highest BCUT2D eigenvalue weighted by Gasteiger charge is 2.20. The number of piperidine rings is 1. The highest BCUT2D eigenvalue weighted by molar-refractivity contribution is 7.89. The third-order valence-corrected chi connectivity index (χ3v) is 5.39. The molecule has 0 atom stereocenters. The molecule has 0 aliphatic carbocycles. The van der Waals surface area contributed by atoms with Crippen LogP contribution in [-0.2, 0) is 10.0 Å². The predicted octanol–water partition coefficient (Wildman–Crippen LogP) is 1.74. The SMILES string of the molecule is CCNc1ccc(S(=O)(=O)NCC2CCN(C)CC2)cc1. The lowest BCUT2D eigenvalue weighted by Gasteiger charge is -2.28. The van der Waals surface area contributed by atoms with E-state index in [1.807, 2.05) is 6.92 Å². The highest BCUT2D eigenvalue weighted by atomic mass is 32.2. The average Bonchev–Trinajstić information content (AvgIpc) is 2.48.